The molecular formula is C18H25ClN2O2. The van der Waals surface area contributed by atoms with Crippen LogP contribution in [0, 0.1) is 0 Å². The first kappa shape index (κ1) is 17.8. The summed E-state index contributed by atoms with van der Waals surface area (Å²) in [4.78, 5) is 16.0. The monoisotopic (exact) mass is 336 g/mol. The molecule has 0 spiro atoms. The van der Waals surface area contributed by atoms with E-state index in [4.69, 9.17) is 16.3 Å². The van der Waals surface area contributed by atoms with Crippen molar-refractivity contribution in [3.8, 4) is 0 Å². The Labute approximate surface area is 142 Å². The van der Waals surface area contributed by atoms with Gasteiger partial charge < -0.3 is 9.30 Å². The fraction of sp³-hybridized carbons (Fsp3) is 0.556. The molecule has 0 aliphatic heterocycles. The molecule has 0 saturated carbocycles. The van der Waals surface area contributed by atoms with Crippen molar-refractivity contribution in [1.82, 2.24) is 9.55 Å². The largest absolute Gasteiger partial charge is 0.466 e. The van der Waals surface area contributed by atoms with Crippen molar-refractivity contribution in [1.29, 1.82) is 0 Å². The summed E-state index contributed by atoms with van der Waals surface area (Å²) in [6.45, 7) is 7.32. The number of hydrogen-bond donors (Lipinski definition) is 0. The zero-order valence-corrected chi connectivity index (χ0v) is 14.9. The molecule has 1 aromatic carbocycles. The predicted octanol–water partition coefficient (Wildman–Crippen LogP) is 4.94. The number of carbonyl (C=O) groups is 1. The third kappa shape index (κ3) is 4.05. The van der Waals surface area contributed by atoms with Gasteiger partial charge in [0.25, 0.3) is 0 Å². The smallest absolute Gasteiger partial charge is 0.305 e. The van der Waals surface area contributed by atoms with Crippen LogP contribution in [-0.2, 0) is 16.1 Å². The van der Waals surface area contributed by atoms with E-state index < -0.39 is 0 Å². The van der Waals surface area contributed by atoms with Crippen molar-refractivity contribution in [2.75, 3.05) is 6.61 Å². The molecule has 0 fully saturated rings. The molecule has 2 rings (SSSR count). The number of halogens is 1. The molecule has 2 aromatic rings. The molecule has 0 radical (unpaired) electrons. The molecule has 0 amide bonds. The molecule has 0 aliphatic carbocycles. The molecule has 0 saturated heterocycles. The van der Waals surface area contributed by atoms with E-state index in [0.717, 1.165) is 23.9 Å². The van der Waals surface area contributed by atoms with Crippen LogP contribution in [0.2, 0.25) is 5.28 Å². The lowest BCUT2D eigenvalue weighted by molar-refractivity contribution is -0.143. The second-order valence-corrected chi connectivity index (χ2v) is 6.01. The Balaban J connectivity index is 2.28. The minimum atomic E-state index is -0.159. The number of hydrogen-bond acceptors (Lipinski definition) is 3. The summed E-state index contributed by atoms with van der Waals surface area (Å²) >= 11 is 6.34. The van der Waals surface area contributed by atoms with Crippen LogP contribution in [0.3, 0.4) is 0 Å². The van der Waals surface area contributed by atoms with Crippen molar-refractivity contribution in [3.63, 3.8) is 0 Å². The van der Waals surface area contributed by atoms with Crippen LogP contribution in [0.25, 0.3) is 11.0 Å². The first-order valence-electron chi connectivity index (χ1n) is 8.42. The molecule has 0 unspecified atom stereocenters. The van der Waals surface area contributed by atoms with E-state index in [9.17, 15) is 4.79 Å². The van der Waals surface area contributed by atoms with Gasteiger partial charge in [0, 0.05) is 13.0 Å². The number of benzene rings is 1. The zero-order valence-electron chi connectivity index (χ0n) is 14.1. The summed E-state index contributed by atoms with van der Waals surface area (Å²) in [7, 11) is 0. The summed E-state index contributed by atoms with van der Waals surface area (Å²) in [5, 5.41) is 0.488. The van der Waals surface area contributed by atoms with Gasteiger partial charge in [-0.3, -0.25) is 4.79 Å². The molecule has 23 heavy (non-hydrogen) atoms. The van der Waals surface area contributed by atoms with Crippen LogP contribution in [0.1, 0.15) is 57.9 Å². The first-order chi connectivity index (χ1) is 11.1. The highest BCUT2D eigenvalue weighted by Gasteiger charge is 2.17. The molecule has 0 N–H and O–H groups in total. The molecule has 5 heteroatoms. The maximum Gasteiger partial charge on any atom is 0.305 e. The topological polar surface area (TPSA) is 44.1 Å². The molecule has 4 nitrogen and oxygen atoms in total. The second-order valence-electron chi connectivity index (χ2n) is 5.67. The maximum absolute atomic E-state index is 11.5. The van der Waals surface area contributed by atoms with E-state index in [2.05, 4.69) is 24.9 Å². The Hall–Kier alpha value is -1.55. The number of nitrogens with zero attached hydrogens (tertiary/aromatic N) is 2. The van der Waals surface area contributed by atoms with Crippen molar-refractivity contribution in [2.24, 2.45) is 0 Å². The van der Waals surface area contributed by atoms with Gasteiger partial charge in [0.05, 0.1) is 17.6 Å². The van der Waals surface area contributed by atoms with Gasteiger partial charge in [-0.15, -0.1) is 0 Å². The minimum absolute atomic E-state index is 0.159. The Morgan fingerprint density at radius 2 is 2.04 bits per heavy atom. The van der Waals surface area contributed by atoms with Gasteiger partial charge in [-0.2, -0.15) is 0 Å². The average molecular weight is 337 g/mol. The van der Waals surface area contributed by atoms with Crippen molar-refractivity contribution in [3.05, 3.63) is 29.0 Å². The number of carbonyl (C=O) groups excluding carboxylic acids is 1. The summed E-state index contributed by atoms with van der Waals surface area (Å²) in [6.07, 6.45) is 3.26. The van der Waals surface area contributed by atoms with E-state index in [-0.39, 0.29) is 5.97 Å². The van der Waals surface area contributed by atoms with E-state index in [1.807, 2.05) is 23.6 Å². The van der Waals surface area contributed by atoms with Crippen molar-refractivity contribution < 1.29 is 9.53 Å². The lowest BCUT2D eigenvalue weighted by Crippen LogP contribution is -2.07. The Morgan fingerprint density at radius 3 is 2.70 bits per heavy atom. The van der Waals surface area contributed by atoms with Crippen LogP contribution in [0.4, 0.5) is 0 Å². The number of fused-ring (bicyclic) bond motifs is 1. The van der Waals surface area contributed by atoms with E-state index >= 15 is 0 Å². The van der Waals surface area contributed by atoms with Crippen LogP contribution >= 0.6 is 11.6 Å². The fourth-order valence-electron chi connectivity index (χ4n) is 3.06. The molecule has 1 aromatic heterocycles. The second kappa shape index (κ2) is 8.34. The Bertz CT molecular complexity index is 662. The SMILES string of the molecule is CCOC(=O)CCCn1c(Cl)nc2cccc(C(CC)CC)c21. The Morgan fingerprint density at radius 1 is 1.30 bits per heavy atom. The molecule has 1 heterocycles. The standard InChI is InChI=1S/C18H25ClN2O2/c1-4-13(5-2)14-9-7-10-15-17(14)21(18(19)20-15)12-8-11-16(22)23-6-3/h7,9-10,13H,4-6,8,11-12H2,1-3H3. The molecule has 126 valence electrons. The summed E-state index contributed by atoms with van der Waals surface area (Å²) in [6, 6.07) is 6.21. The number of ether oxygens (including phenoxy) is 1. The van der Waals surface area contributed by atoms with Crippen molar-refractivity contribution >= 4 is 28.6 Å². The third-order valence-corrected chi connectivity index (χ3v) is 4.53. The molecule has 0 bridgehead atoms. The van der Waals surface area contributed by atoms with Gasteiger partial charge in [-0.1, -0.05) is 26.0 Å². The molecular weight excluding hydrogens is 312 g/mol. The van der Waals surface area contributed by atoms with Crippen LogP contribution in [0.5, 0.6) is 0 Å². The van der Waals surface area contributed by atoms with Crippen LogP contribution in [0.15, 0.2) is 18.2 Å². The minimum Gasteiger partial charge on any atom is -0.466 e. The summed E-state index contributed by atoms with van der Waals surface area (Å²) in [5.41, 5.74) is 3.33. The fourth-order valence-corrected chi connectivity index (χ4v) is 3.32. The zero-order chi connectivity index (χ0) is 16.8. The van der Waals surface area contributed by atoms with Gasteiger partial charge in [0.1, 0.15) is 0 Å². The average Bonchev–Trinajstić information content (AvgIpc) is 2.85. The first-order valence-corrected chi connectivity index (χ1v) is 8.80. The van der Waals surface area contributed by atoms with E-state index in [1.165, 1.54) is 5.56 Å². The van der Waals surface area contributed by atoms with E-state index in [1.54, 1.807) is 0 Å². The van der Waals surface area contributed by atoms with Crippen molar-refractivity contribution in [2.45, 2.75) is 58.9 Å². The van der Waals surface area contributed by atoms with Gasteiger partial charge in [-0.05, 0) is 55.3 Å². The lowest BCUT2D eigenvalue weighted by Gasteiger charge is -2.16. The number of aryl methyl sites for hydroxylation is 1. The maximum atomic E-state index is 11.5. The molecule has 0 atom stereocenters. The quantitative estimate of drug-likeness (QED) is 0.641. The number of esters is 1. The number of para-hydroxylation sites is 1. The Kier molecular flexibility index (Phi) is 6.46. The highest BCUT2D eigenvalue weighted by Crippen LogP contribution is 2.32. The van der Waals surface area contributed by atoms with Gasteiger partial charge >= 0.3 is 5.97 Å². The molecule has 0 aliphatic rings. The normalized spacial score (nSPS) is 11.3. The summed E-state index contributed by atoms with van der Waals surface area (Å²) in [5.74, 6) is 0.337. The van der Waals surface area contributed by atoms with Crippen LogP contribution in [-0.4, -0.2) is 22.1 Å². The predicted molar refractivity (Wildman–Crippen MR) is 93.9 cm³/mol. The van der Waals surface area contributed by atoms with Crippen LogP contribution < -0.4 is 0 Å². The lowest BCUT2D eigenvalue weighted by atomic mass is 9.93. The summed E-state index contributed by atoms with van der Waals surface area (Å²) < 4.78 is 7.01. The third-order valence-electron chi connectivity index (χ3n) is 4.24. The van der Waals surface area contributed by atoms with Gasteiger partial charge in [-0.25, -0.2) is 4.98 Å². The number of imidazole rings is 1. The van der Waals surface area contributed by atoms with E-state index in [0.29, 0.717) is 37.2 Å². The number of rotatable bonds is 8. The van der Waals surface area contributed by atoms with Gasteiger partial charge in [0.2, 0.25) is 5.28 Å². The highest BCUT2D eigenvalue weighted by molar-refractivity contribution is 6.29. The van der Waals surface area contributed by atoms with Gasteiger partial charge in [0.15, 0.2) is 0 Å². The number of aromatic nitrogens is 2. The highest BCUT2D eigenvalue weighted by atomic mass is 35.5.